The molecule has 1 atom stereocenters. The molecule has 0 heterocycles. The molecule has 4 heteroatoms. The first-order chi connectivity index (χ1) is 8.02. The van der Waals surface area contributed by atoms with E-state index in [0.717, 1.165) is 24.0 Å². The van der Waals surface area contributed by atoms with Gasteiger partial charge in [0, 0.05) is 25.4 Å². The molecule has 0 bridgehead atoms. The minimum Gasteiger partial charge on any atom is -0.335 e. The van der Waals surface area contributed by atoms with Crippen molar-refractivity contribution in [2.75, 3.05) is 20.4 Å². The predicted molar refractivity (Wildman–Crippen MR) is 75.6 cm³/mol. The lowest BCUT2D eigenvalue weighted by Crippen LogP contribution is -2.43. The van der Waals surface area contributed by atoms with Crippen LogP contribution in [0.1, 0.15) is 39.0 Å². The predicted octanol–water partition coefficient (Wildman–Crippen LogP) is 2.96. The fraction of sp³-hybridized carbons (Fsp3) is 0.923. The quantitative estimate of drug-likeness (QED) is 0.841. The highest BCUT2D eigenvalue weighted by atomic mass is 32.2. The SMILES string of the molecule is CSC(C)C[C@H]1CC[C@@H](NC(=O)N(C)C)CC1. The lowest BCUT2D eigenvalue weighted by molar-refractivity contribution is 0.203. The van der Waals surface area contributed by atoms with E-state index in [0.29, 0.717) is 6.04 Å². The molecular weight excluding hydrogens is 232 g/mol. The van der Waals surface area contributed by atoms with Crippen LogP contribution < -0.4 is 5.32 Å². The first kappa shape index (κ1) is 14.7. The highest BCUT2D eigenvalue weighted by Gasteiger charge is 2.23. The summed E-state index contributed by atoms with van der Waals surface area (Å²) < 4.78 is 0. The summed E-state index contributed by atoms with van der Waals surface area (Å²) in [5.74, 6) is 0.866. The summed E-state index contributed by atoms with van der Waals surface area (Å²) in [6, 6.07) is 0.441. The van der Waals surface area contributed by atoms with Crippen molar-refractivity contribution in [3.05, 3.63) is 0 Å². The molecule has 0 radical (unpaired) electrons. The van der Waals surface area contributed by atoms with Gasteiger partial charge in [-0.25, -0.2) is 4.79 Å². The number of carbonyl (C=O) groups is 1. The molecule has 100 valence electrons. The second-order valence-corrected chi connectivity index (χ2v) is 6.62. The van der Waals surface area contributed by atoms with Gasteiger partial charge >= 0.3 is 6.03 Å². The van der Waals surface area contributed by atoms with Crippen LogP contribution in [-0.2, 0) is 0 Å². The van der Waals surface area contributed by atoms with Crippen molar-refractivity contribution in [1.82, 2.24) is 10.2 Å². The number of rotatable bonds is 4. The molecule has 0 aromatic rings. The van der Waals surface area contributed by atoms with Gasteiger partial charge in [0.05, 0.1) is 0 Å². The maximum atomic E-state index is 11.5. The first-order valence-corrected chi connectivity index (χ1v) is 7.82. The van der Waals surface area contributed by atoms with E-state index in [1.165, 1.54) is 19.3 Å². The van der Waals surface area contributed by atoms with Crippen molar-refractivity contribution in [2.45, 2.75) is 50.3 Å². The molecule has 0 saturated heterocycles. The molecule has 17 heavy (non-hydrogen) atoms. The maximum Gasteiger partial charge on any atom is 0.317 e. The molecule has 0 aliphatic heterocycles. The second kappa shape index (κ2) is 7.14. The van der Waals surface area contributed by atoms with Crippen molar-refractivity contribution in [1.29, 1.82) is 0 Å². The number of hydrogen-bond acceptors (Lipinski definition) is 2. The molecule has 3 nitrogen and oxygen atoms in total. The molecule has 0 aromatic heterocycles. The largest absolute Gasteiger partial charge is 0.335 e. The average molecular weight is 258 g/mol. The number of hydrogen-bond donors (Lipinski definition) is 1. The number of urea groups is 1. The van der Waals surface area contributed by atoms with E-state index >= 15 is 0 Å². The minimum absolute atomic E-state index is 0.0472. The van der Waals surface area contributed by atoms with Crippen molar-refractivity contribution in [2.24, 2.45) is 5.92 Å². The highest BCUT2D eigenvalue weighted by molar-refractivity contribution is 7.99. The van der Waals surface area contributed by atoms with Gasteiger partial charge < -0.3 is 10.2 Å². The molecule has 1 rings (SSSR count). The van der Waals surface area contributed by atoms with Gasteiger partial charge in [-0.3, -0.25) is 0 Å². The Morgan fingerprint density at radius 1 is 1.35 bits per heavy atom. The molecule has 0 spiro atoms. The minimum atomic E-state index is 0.0472. The normalized spacial score (nSPS) is 26.4. The third kappa shape index (κ3) is 5.19. The van der Waals surface area contributed by atoms with Gasteiger partial charge in [0.2, 0.25) is 0 Å². The number of nitrogens with zero attached hydrogens (tertiary/aromatic N) is 1. The van der Waals surface area contributed by atoms with Crippen LogP contribution in [0, 0.1) is 5.92 Å². The Morgan fingerprint density at radius 3 is 2.41 bits per heavy atom. The zero-order chi connectivity index (χ0) is 12.8. The summed E-state index contributed by atoms with van der Waals surface area (Å²) in [5.41, 5.74) is 0. The van der Waals surface area contributed by atoms with Crippen LogP contribution in [0.5, 0.6) is 0 Å². The van der Waals surface area contributed by atoms with Crippen LogP contribution in [0.15, 0.2) is 0 Å². The summed E-state index contributed by atoms with van der Waals surface area (Å²) in [4.78, 5) is 13.1. The third-order valence-corrected chi connectivity index (χ3v) is 4.65. The fourth-order valence-corrected chi connectivity index (χ4v) is 2.88. The van der Waals surface area contributed by atoms with E-state index in [-0.39, 0.29) is 6.03 Å². The maximum absolute atomic E-state index is 11.5. The summed E-state index contributed by atoms with van der Waals surface area (Å²) in [6.07, 6.45) is 8.34. The Balaban J connectivity index is 2.24. The van der Waals surface area contributed by atoms with Crippen LogP contribution in [0.3, 0.4) is 0 Å². The van der Waals surface area contributed by atoms with E-state index < -0.39 is 0 Å². The number of amides is 2. The lowest BCUT2D eigenvalue weighted by atomic mass is 9.83. The van der Waals surface area contributed by atoms with Gasteiger partial charge in [-0.15, -0.1) is 0 Å². The van der Waals surface area contributed by atoms with Crippen LogP contribution in [0.4, 0.5) is 4.79 Å². The highest BCUT2D eigenvalue weighted by Crippen LogP contribution is 2.30. The molecule has 1 aliphatic rings. The Morgan fingerprint density at radius 2 is 1.94 bits per heavy atom. The molecule has 1 unspecified atom stereocenters. The molecule has 0 aromatic carbocycles. The second-order valence-electron chi connectivity index (χ2n) is 5.34. The molecule has 2 amide bonds. The first-order valence-electron chi connectivity index (χ1n) is 6.53. The summed E-state index contributed by atoms with van der Waals surface area (Å²) in [5, 5.41) is 3.86. The van der Waals surface area contributed by atoms with E-state index in [4.69, 9.17) is 0 Å². The standard InChI is InChI=1S/C13H26N2OS/c1-10(17-4)9-11-5-7-12(8-6-11)14-13(16)15(2)3/h10-12H,5-9H2,1-4H3,(H,14,16)/t10?,11-,12+. The Hall–Kier alpha value is -0.380. The molecular formula is C13H26N2OS. The Labute approximate surface area is 110 Å². The van der Waals surface area contributed by atoms with Gasteiger partial charge in [-0.2, -0.15) is 11.8 Å². The van der Waals surface area contributed by atoms with Crippen molar-refractivity contribution < 1.29 is 4.79 Å². The Bertz CT molecular complexity index is 238. The van der Waals surface area contributed by atoms with Crippen molar-refractivity contribution >= 4 is 17.8 Å². The number of thioether (sulfide) groups is 1. The molecule has 1 N–H and O–H groups in total. The van der Waals surface area contributed by atoms with Crippen LogP contribution in [0.25, 0.3) is 0 Å². The van der Waals surface area contributed by atoms with Crippen LogP contribution in [0.2, 0.25) is 0 Å². The van der Waals surface area contributed by atoms with E-state index in [9.17, 15) is 4.79 Å². The van der Waals surface area contributed by atoms with Crippen molar-refractivity contribution in [3.8, 4) is 0 Å². The van der Waals surface area contributed by atoms with E-state index in [1.54, 1.807) is 19.0 Å². The zero-order valence-corrected chi connectivity index (χ0v) is 12.3. The monoisotopic (exact) mass is 258 g/mol. The van der Waals surface area contributed by atoms with Crippen LogP contribution >= 0.6 is 11.8 Å². The lowest BCUT2D eigenvalue weighted by Gasteiger charge is -2.31. The number of carbonyl (C=O) groups excluding carboxylic acids is 1. The molecule has 1 saturated carbocycles. The molecule has 1 aliphatic carbocycles. The van der Waals surface area contributed by atoms with Gasteiger partial charge in [-0.1, -0.05) is 6.92 Å². The van der Waals surface area contributed by atoms with Crippen molar-refractivity contribution in [3.63, 3.8) is 0 Å². The summed E-state index contributed by atoms with van der Waals surface area (Å²) in [6.45, 7) is 2.31. The van der Waals surface area contributed by atoms with Crippen LogP contribution in [-0.4, -0.2) is 42.6 Å². The van der Waals surface area contributed by atoms with Gasteiger partial charge in [0.25, 0.3) is 0 Å². The average Bonchev–Trinajstić information content (AvgIpc) is 2.31. The Kier molecular flexibility index (Phi) is 6.17. The summed E-state index contributed by atoms with van der Waals surface area (Å²) in [7, 11) is 3.59. The molecule has 1 fully saturated rings. The van der Waals surface area contributed by atoms with E-state index in [2.05, 4.69) is 18.5 Å². The zero-order valence-electron chi connectivity index (χ0n) is 11.5. The number of nitrogens with one attached hydrogen (secondary N) is 1. The van der Waals surface area contributed by atoms with Gasteiger partial charge in [-0.05, 0) is 44.3 Å². The topological polar surface area (TPSA) is 32.3 Å². The fourth-order valence-electron chi connectivity index (χ4n) is 2.41. The summed E-state index contributed by atoms with van der Waals surface area (Å²) >= 11 is 1.96. The van der Waals surface area contributed by atoms with Gasteiger partial charge in [0.15, 0.2) is 0 Å². The van der Waals surface area contributed by atoms with E-state index in [1.807, 2.05) is 11.8 Å². The van der Waals surface area contributed by atoms with Gasteiger partial charge in [0.1, 0.15) is 0 Å². The smallest absolute Gasteiger partial charge is 0.317 e. The third-order valence-electron chi connectivity index (χ3n) is 3.65.